The number of hydrogen-bond acceptors (Lipinski definition) is 6. The Morgan fingerprint density at radius 3 is 2.86 bits per heavy atom. The molecule has 154 valence electrons. The van der Waals surface area contributed by atoms with Crippen molar-refractivity contribution in [3.05, 3.63) is 51.8 Å². The number of hydrogen-bond donors (Lipinski definition) is 1. The van der Waals surface area contributed by atoms with Gasteiger partial charge in [0.2, 0.25) is 5.91 Å². The molecule has 4 rings (SSSR count). The van der Waals surface area contributed by atoms with Gasteiger partial charge >= 0.3 is 5.69 Å². The van der Waals surface area contributed by atoms with Gasteiger partial charge in [-0.3, -0.25) is 14.3 Å². The molecule has 1 aliphatic carbocycles. The van der Waals surface area contributed by atoms with Crippen LogP contribution in [0.4, 0.5) is 0 Å². The lowest BCUT2D eigenvalue weighted by Crippen LogP contribution is -2.33. The number of aromatic nitrogens is 3. The zero-order chi connectivity index (χ0) is 20.1. The molecule has 1 atom stereocenters. The smallest absolute Gasteiger partial charge is 0.349 e. The van der Waals surface area contributed by atoms with E-state index in [1.165, 1.54) is 11.8 Å². The summed E-state index contributed by atoms with van der Waals surface area (Å²) in [5, 5.41) is 3.64. The SMILES string of the molecule is O=C(CSc1nc(=O)n(Cc2ccncc2)c2c1CCCC2)NC[C@@H]1CCCO1. The number of carbonyl (C=O) groups is 1. The molecular formula is C21H26N4O3S. The highest BCUT2D eigenvalue weighted by atomic mass is 32.2. The summed E-state index contributed by atoms with van der Waals surface area (Å²) in [5.41, 5.74) is 2.98. The number of pyridine rings is 1. The highest BCUT2D eigenvalue weighted by Gasteiger charge is 2.22. The predicted molar refractivity (Wildman–Crippen MR) is 111 cm³/mol. The maximum atomic E-state index is 12.8. The molecule has 0 aromatic carbocycles. The van der Waals surface area contributed by atoms with Gasteiger partial charge in [-0.15, -0.1) is 0 Å². The van der Waals surface area contributed by atoms with E-state index in [0.717, 1.165) is 62.0 Å². The summed E-state index contributed by atoms with van der Waals surface area (Å²) in [6.07, 6.45) is 9.58. The van der Waals surface area contributed by atoms with Gasteiger partial charge in [0.1, 0.15) is 5.03 Å². The lowest BCUT2D eigenvalue weighted by Gasteiger charge is -2.22. The molecule has 1 aliphatic heterocycles. The van der Waals surface area contributed by atoms with Crippen LogP contribution >= 0.6 is 11.8 Å². The highest BCUT2D eigenvalue weighted by molar-refractivity contribution is 7.99. The van der Waals surface area contributed by atoms with Gasteiger partial charge < -0.3 is 10.1 Å². The predicted octanol–water partition coefficient (Wildman–Crippen LogP) is 1.95. The van der Waals surface area contributed by atoms with Gasteiger partial charge in [-0.2, -0.15) is 4.98 Å². The zero-order valence-corrected chi connectivity index (χ0v) is 17.2. The molecule has 2 aliphatic rings. The Labute approximate surface area is 174 Å². The second-order valence-corrected chi connectivity index (χ2v) is 8.47. The van der Waals surface area contributed by atoms with Crippen LogP contribution < -0.4 is 11.0 Å². The summed E-state index contributed by atoms with van der Waals surface area (Å²) in [7, 11) is 0. The van der Waals surface area contributed by atoms with Crippen LogP contribution in [-0.2, 0) is 28.9 Å². The summed E-state index contributed by atoms with van der Waals surface area (Å²) in [6, 6.07) is 3.84. The van der Waals surface area contributed by atoms with Crippen LogP contribution in [0, 0.1) is 0 Å². The normalized spacial score (nSPS) is 18.4. The van der Waals surface area contributed by atoms with Gasteiger partial charge in [0, 0.05) is 36.8 Å². The van der Waals surface area contributed by atoms with Gasteiger partial charge in [0.15, 0.2) is 0 Å². The van der Waals surface area contributed by atoms with E-state index < -0.39 is 0 Å². The summed E-state index contributed by atoms with van der Waals surface area (Å²) in [6.45, 7) is 1.84. The first-order chi connectivity index (χ1) is 14.2. The number of nitrogens with one attached hydrogen (secondary N) is 1. The van der Waals surface area contributed by atoms with Crippen molar-refractivity contribution in [3.63, 3.8) is 0 Å². The molecule has 0 saturated carbocycles. The van der Waals surface area contributed by atoms with Crippen molar-refractivity contribution in [1.82, 2.24) is 19.9 Å². The van der Waals surface area contributed by atoms with Gasteiger partial charge in [0.25, 0.3) is 0 Å². The van der Waals surface area contributed by atoms with Gasteiger partial charge in [-0.25, -0.2) is 4.79 Å². The molecule has 1 fully saturated rings. The number of fused-ring (bicyclic) bond motifs is 1. The van der Waals surface area contributed by atoms with Crippen molar-refractivity contribution >= 4 is 17.7 Å². The monoisotopic (exact) mass is 414 g/mol. The largest absolute Gasteiger partial charge is 0.376 e. The van der Waals surface area contributed by atoms with Crippen LogP contribution in [0.2, 0.25) is 0 Å². The van der Waals surface area contributed by atoms with Gasteiger partial charge in [-0.1, -0.05) is 11.8 Å². The van der Waals surface area contributed by atoms with E-state index >= 15 is 0 Å². The van der Waals surface area contributed by atoms with Crippen molar-refractivity contribution in [2.24, 2.45) is 0 Å². The molecular weight excluding hydrogens is 388 g/mol. The topological polar surface area (TPSA) is 86.1 Å². The third kappa shape index (κ3) is 5.05. The molecule has 2 aromatic heterocycles. The molecule has 1 amide bonds. The second kappa shape index (κ2) is 9.54. The summed E-state index contributed by atoms with van der Waals surface area (Å²) >= 11 is 1.37. The van der Waals surface area contributed by atoms with E-state index in [1.807, 2.05) is 12.1 Å². The van der Waals surface area contributed by atoms with E-state index in [0.29, 0.717) is 18.1 Å². The van der Waals surface area contributed by atoms with Crippen LogP contribution in [0.1, 0.15) is 42.5 Å². The third-order valence-electron chi connectivity index (χ3n) is 5.43. The first-order valence-electron chi connectivity index (χ1n) is 10.2. The fourth-order valence-electron chi connectivity index (χ4n) is 3.92. The zero-order valence-electron chi connectivity index (χ0n) is 16.4. The average molecular weight is 415 g/mol. The minimum absolute atomic E-state index is 0.0437. The number of ether oxygens (including phenoxy) is 1. The molecule has 0 bridgehead atoms. The molecule has 8 heteroatoms. The molecule has 1 N–H and O–H groups in total. The Bertz CT molecular complexity index is 910. The molecule has 29 heavy (non-hydrogen) atoms. The van der Waals surface area contributed by atoms with Crippen LogP contribution in [0.3, 0.4) is 0 Å². The van der Waals surface area contributed by atoms with Crippen LogP contribution in [0.5, 0.6) is 0 Å². The molecule has 1 saturated heterocycles. The quantitative estimate of drug-likeness (QED) is 0.551. The number of rotatable bonds is 7. The number of amides is 1. The van der Waals surface area contributed by atoms with Crippen LogP contribution in [-0.4, -0.2) is 45.5 Å². The van der Waals surface area contributed by atoms with E-state index in [9.17, 15) is 9.59 Å². The number of carbonyl (C=O) groups excluding carboxylic acids is 1. The standard InChI is InChI=1S/C21H26N4O3S/c26-19(23-12-16-4-3-11-28-16)14-29-20-17-5-1-2-6-18(17)25(21(27)24-20)13-15-7-9-22-10-8-15/h7-10,16H,1-6,11-14H2,(H,23,26)/t16-/m0/s1. The van der Waals surface area contributed by atoms with Crippen LogP contribution in [0.25, 0.3) is 0 Å². The van der Waals surface area contributed by atoms with Crippen molar-refractivity contribution in [3.8, 4) is 0 Å². The number of nitrogens with zero attached hydrogens (tertiary/aromatic N) is 3. The highest BCUT2D eigenvalue weighted by Crippen LogP contribution is 2.28. The minimum atomic E-state index is -0.246. The molecule has 0 unspecified atom stereocenters. The third-order valence-corrected chi connectivity index (χ3v) is 6.45. The molecule has 0 spiro atoms. The maximum absolute atomic E-state index is 12.8. The minimum Gasteiger partial charge on any atom is -0.376 e. The molecule has 2 aromatic rings. The summed E-state index contributed by atoms with van der Waals surface area (Å²) in [5.74, 6) is 0.220. The van der Waals surface area contributed by atoms with Gasteiger partial charge in [-0.05, 0) is 56.2 Å². The molecule has 0 radical (unpaired) electrons. The lowest BCUT2D eigenvalue weighted by atomic mass is 9.97. The second-order valence-electron chi connectivity index (χ2n) is 7.50. The van der Waals surface area contributed by atoms with E-state index in [-0.39, 0.29) is 23.5 Å². The average Bonchev–Trinajstić information content (AvgIpc) is 3.27. The first-order valence-corrected chi connectivity index (χ1v) is 11.2. The van der Waals surface area contributed by atoms with Crippen LogP contribution in [0.15, 0.2) is 34.3 Å². The van der Waals surface area contributed by atoms with Crippen molar-refractivity contribution in [2.45, 2.75) is 56.2 Å². The van der Waals surface area contributed by atoms with Crippen molar-refractivity contribution in [1.29, 1.82) is 0 Å². The van der Waals surface area contributed by atoms with E-state index in [4.69, 9.17) is 4.74 Å². The Morgan fingerprint density at radius 2 is 2.07 bits per heavy atom. The number of thioether (sulfide) groups is 1. The van der Waals surface area contributed by atoms with Gasteiger partial charge in [0.05, 0.1) is 18.4 Å². The Balaban J connectivity index is 1.46. The summed E-state index contributed by atoms with van der Waals surface area (Å²) < 4.78 is 7.32. The van der Waals surface area contributed by atoms with Crippen molar-refractivity contribution in [2.75, 3.05) is 18.9 Å². The molecule has 7 nitrogen and oxygen atoms in total. The Morgan fingerprint density at radius 1 is 1.24 bits per heavy atom. The maximum Gasteiger partial charge on any atom is 0.349 e. The Kier molecular flexibility index (Phi) is 6.61. The lowest BCUT2D eigenvalue weighted by molar-refractivity contribution is -0.119. The first kappa shape index (κ1) is 20.1. The van der Waals surface area contributed by atoms with Crippen molar-refractivity contribution < 1.29 is 9.53 Å². The Hall–Kier alpha value is -2.19. The fourth-order valence-corrected chi connectivity index (χ4v) is 4.83. The van der Waals surface area contributed by atoms with E-state index in [1.54, 1.807) is 17.0 Å². The summed E-state index contributed by atoms with van der Waals surface area (Å²) in [4.78, 5) is 33.4. The fraction of sp³-hybridized carbons (Fsp3) is 0.524. The van der Waals surface area contributed by atoms with E-state index in [2.05, 4.69) is 15.3 Å². The molecule has 3 heterocycles.